The Hall–Kier alpha value is -1.78. The second kappa shape index (κ2) is 6.33. The van der Waals surface area contributed by atoms with Crippen molar-refractivity contribution >= 4 is 11.8 Å². The Morgan fingerprint density at radius 3 is 2.43 bits per heavy atom. The summed E-state index contributed by atoms with van der Waals surface area (Å²) in [6.45, 7) is 4.44. The summed E-state index contributed by atoms with van der Waals surface area (Å²) in [6, 6.07) is 3.72. The summed E-state index contributed by atoms with van der Waals surface area (Å²) in [6.07, 6.45) is 4.51. The van der Waals surface area contributed by atoms with E-state index in [9.17, 15) is 9.59 Å². The molecule has 5 nitrogen and oxygen atoms in total. The summed E-state index contributed by atoms with van der Waals surface area (Å²) < 4.78 is 1.85. The van der Waals surface area contributed by atoms with Gasteiger partial charge in [0.05, 0.1) is 0 Å². The van der Waals surface area contributed by atoms with E-state index >= 15 is 0 Å². The topological polar surface area (TPSA) is 63.1 Å². The van der Waals surface area contributed by atoms with Crippen molar-refractivity contribution in [3.8, 4) is 0 Å². The van der Waals surface area contributed by atoms with Crippen molar-refractivity contribution in [2.75, 3.05) is 6.54 Å². The summed E-state index contributed by atoms with van der Waals surface area (Å²) in [5.41, 5.74) is 0.876. The van der Waals surface area contributed by atoms with Crippen LogP contribution in [0.3, 0.4) is 0 Å². The van der Waals surface area contributed by atoms with Crippen LogP contribution in [0.15, 0.2) is 12.1 Å². The monoisotopic (exact) mass is 291 g/mol. The van der Waals surface area contributed by atoms with Crippen molar-refractivity contribution in [3.63, 3.8) is 0 Å². The van der Waals surface area contributed by atoms with Crippen LogP contribution >= 0.6 is 0 Å². The molecule has 0 aliphatic heterocycles. The van der Waals surface area contributed by atoms with Gasteiger partial charge in [-0.25, -0.2) is 0 Å². The SMILES string of the molecule is CCNC(=O)C1(NC(=O)c2ccc(C)n2C)CCCCC1. The van der Waals surface area contributed by atoms with Crippen LogP contribution in [-0.2, 0) is 11.8 Å². The number of likely N-dealkylation sites (N-methyl/N-ethyl adjacent to an activating group) is 1. The van der Waals surface area contributed by atoms with Crippen molar-refractivity contribution in [2.45, 2.75) is 51.5 Å². The smallest absolute Gasteiger partial charge is 0.268 e. The molecule has 21 heavy (non-hydrogen) atoms. The minimum Gasteiger partial charge on any atom is -0.354 e. The predicted molar refractivity (Wildman–Crippen MR) is 82.1 cm³/mol. The summed E-state index contributed by atoms with van der Waals surface area (Å²) >= 11 is 0. The Morgan fingerprint density at radius 1 is 1.24 bits per heavy atom. The zero-order chi connectivity index (χ0) is 15.5. The summed E-state index contributed by atoms with van der Waals surface area (Å²) in [5.74, 6) is -0.220. The number of amides is 2. The summed E-state index contributed by atoms with van der Waals surface area (Å²) in [7, 11) is 1.86. The average molecular weight is 291 g/mol. The maximum absolute atomic E-state index is 12.5. The van der Waals surface area contributed by atoms with E-state index in [1.54, 1.807) is 6.07 Å². The first-order valence-corrected chi connectivity index (χ1v) is 7.73. The van der Waals surface area contributed by atoms with E-state index in [0.717, 1.165) is 25.0 Å². The molecule has 0 bridgehead atoms. The number of nitrogens with zero attached hydrogens (tertiary/aromatic N) is 1. The van der Waals surface area contributed by atoms with Gasteiger partial charge in [0.1, 0.15) is 11.2 Å². The van der Waals surface area contributed by atoms with Gasteiger partial charge in [0.25, 0.3) is 5.91 Å². The van der Waals surface area contributed by atoms with Crippen molar-refractivity contribution in [3.05, 3.63) is 23.5 Å². The number of carbonyl (C=O) groups is 2. The molecule has 1 aliphatic carbocycles. The van der Waals surface area contributed by atoms with Gasteiger partial charge in [-0.15, -0.1) is 0 Å². The molecule has 1 aromatic rings. The minimum atomic E-state index is -0.747. The Bertz CT molecular complexity index is 528. The van der Waals surface area contributed by atoms with Crippen molar-refractivity contribution < 1.29 is 9.59 Å². The number of aromatic nitrogens is 1. The van der Waals surface area contributed by atoms with Gasteiger partial charge in [-0.05, 0) is 38.8 Å². The molecule has 0 unspecified atom stereocenters. The lowest BCUT2D eigenvalue weighted by atomic mass is 9.80. The van der Waals surface area contributed by atoms with Gasteiger partial charge in [-0.2, -0.15) is 0 Å². The summed E-state index contributed by atoms with van der Waals surface area (Å²) in [4.78, 5) is 25.0. The normalized spacial score (nSPS) is 17.3. The molecule has 1 aromatic heterocycles. The van der Waals surface area contributed by atoms with Crippen LogP contribution in [0.1, 0.15) is 55.2 Å². The molecule has 116 valence electrons. The van der Waals surface area contributed by atoms with Crippen molar-refractivity contribution in [1.82, 2.24) is 15.2 Å². The van der Waals surface area contributed by atoms with Gasteiger partial charge in [0.15, 0.2) is 0 Å². The molecule has 5 heteroatoms. The molecule has 0 saturated heterocycles. The number of carbonyl (C=O) groups excluding carboxylic acids is 2. The van der Waals surface area contributed by atoms with E-state index in [2.05, 4.69) is 10.6 Å². The van der Waals surface area contributed by atoms with Crippen LogP contribution in [0, 0.1) is 6.92 Å². The second-order valence-corrected chi connectivity index (χ2v) is 5.88. The zero-order valence-electron chi connectivity index (χ0n) is 13.2. The van der Waals surface area contributed by atoms with Crippen LogP contribution < -0.4 is 10.6 Å². The Kier molecular flexibility index (Phi) is 4.70. The highest BCUT2D eigenvalue weighted by molar-refractivity contribution is 5.98. The molecular formula is C16H25N3O2. The summed E-state index contributed by atoms with van der Waals surface area (Å²) in [5, 5.41) is 5.89. The first-order valence-electron chi connectivity index (χ1n) is 7.73. The fourth-order valence-electron chi connectivity index (χ4n) is 3.02. The third-order valence-corrected chi connectivity index (χ3v) is 4.44. The molecule has 2 rings (SSSR count). The Balaban J connectivity index is 2.20. The highest BCUT2D eigenvalue weighted by Crippen LogP contribution is 2.29. The lowest BCUT2D eigenvalue weighted by molar-refractivity contribution is -0.128. The number of hydrogen-bond acceptors (Lipinski definition) is 2. The molecule has 2 amide bonds. The van der Waals surface area contributed by atoms with Crippen molar-refractivity contribution in [2.24, 2.45) is 7.05 Å². The Labute approximate surface area is 126 Å². The third-order valence-electron chi connectivity index (χ3n) is 4.44. The molecule has 0 aromatic carbocycles. The number of rotatable bonds is 4. The van der Waals surface area contributed by atoms with E-state index in [0.29, 0.717) is 25.1 Å². The van der Waals surface area contributed by atoms with E-state index in [-0.39, 0.29) is 11.8 Å². The quantitative estimate of drug-likeness (QED) is 0.890. The van der Waals surface area contributed by atoms with Gasteiger partial charge < -0.3 is 15.2 Å². The van der Waals surface area contributed by atoms with E-state index < -0.39 is 5.54 Å². The maximum Gasteiger partial charge on any atom is 0.268 e. The van der Waals surface area contributed by atoms with E-state index in [4.69, 9.17) is 0 Å². The molecule has 0 radical (unpaired) electrons. The minimum absolute atomic E-state index is 0.0519. The van der Waals surface area contributed by atoms with E-state index in [1.165, 1.54) is 0 Å². The fraction of sp³-hybridized carbons (Fsp3) is 0.625. The number of hydrogen-bond donors (Lipinski definition) is 2. The van der Waals surface area contributed by atoms with Gasteiger partial charge in [-0.1, -0.05) is 19.3 Å². The molecule has 0 spiro atoms. The highest BCUT2D eigenvalue weighted by Gasteiger charge is 2.40. The van der Waals surface area contributed by atoms with Gasteiger partial charge in [0, 0.05) is 19.3 Å². The fourth-order valence-corrected chi connectivity index (χ4v) is 3.02. The van der Waals surface area contributed by atoms with Crippen LogP contribution in [0.25, 0.3) is 0 Å². The second-order valence-electron chi connectivity index (χ2n) is 5.88. The van der Waals surface area contributed by atoms with Crippen molar-refractivity contribution in [1.29, 1.82) is 0 Å². The number of aryl methyl sites for hydroxylation is 1. The lowest BCUT2D eigenvalue weighted by Gasteiger charge is -2.36. The maximum atomic E-state index is 12.5. The molecule has 1 aliphatic rings. The highest BCUT2D eigenvalue weighted by atomic mass is 16.2. The molecule has 1 saturated carbocycles. The molecule has 1 heterocycles. The lowest BCUT2D eigenvalue weighted by Crippen LogP contribution is -2.59. The first kappa shape index (κ1) is 15.6. The van der Waals surface area contributed by atoms with E-state index in [1.807, 2.05) is 31.5 Å². The third kappa shape index (κ3) is 3.12. The van der Waals surface area contributed by atoms with Gasteiger partial charge >= 0.3 is 0 Å². The molecule has 0 atom stereocenters. The Morgan fingerprint density at radius 2 is 1.90 bits per heavy atom. The van der Waals surface area contributed by atoms with Gasteiger partial charge in [0.2, 0.25) is 5.91 Å². The molecule has 2 N–H and O–H groups in total. The average Bonchev–Trinajstić information content (AvgIpc) is 2.80. The standard InChI is InChI=1S/C16H25N3O2/c1-4-17-15(21)16(10-6-5-7-11-16)18-14(20)13-9-8-12(2)19(13)3/h8-9H,4-7,10-11H2,1-3H3,(H,17,21)(H,18,20). The first-order chi connectivity index (χ1) is 10.00. The van der Waals surface area contributed by atoms with Gasteiger partial charge in [-0.3, -0.25) is 9.59 Å². The predicted octanol–water partition coefficient (Wildman–Crippen LogP) is 1.90. The van der Waals surface area contributed by atoms with Crippen LogP contribution in [0.2, 0.25) is 0 Å². The zero-order valence-corrected chi connectivity index (χ0v) is 13.2. The van der Waals surface area contributed by atoms with Crippen LogP contribution in [0.5, 0.6) is 0 Å². The largest absolute Gasteiger partial charge is 0.354 e. The van der Waals surface area contributed by atoms with Crippen LogP contribution in [0.4, 0.5) is 0 Å². The number of nitrogens with one attached hydrogen (secondary N) is 2. The molecule has 1 fully saturated rings. The van der Waals surface area contributed by atoms with Crippen LogP contribution in [-0.4, -0.2) is 28.5 Å². The molecular weight excluding hydrogens is 266 g/mol.